The molecule has 5 nitrogen and oxygen atoms in total. The van der Waals surface area contributed by atoms with Crippen LogP contribution in [0.2, 0.25) is 0 Å². The smallest absolute Gasteiger partial charge is 0.307 e. The number of hydrogen-bond donors (Lipinski definition) is 2. The topological polar surface area (TPSA) is 83.5 Å². The third kappa shape index (κ3) is 3.28. The first kappa shape index (κ1) is 12.1. The van der Waals surface area contributed by atoms with Gasteiger partial charge in [-0.2, -0.15) is 0 Å². The van der Waals surface area contributed by atoms with E-state index in [1.54, 1.807) is 0 Å². The van der Waals surface area contributed by atoms with E-state index < -0.39 is 16.0 Å². The summed E-state index contributed by atoms with van der Waals surface area (Å²) < 4.78 is 26.1. The van der Waals surface area contributed by atoms with Gasteiger partial charge in [-0.3, -0.25) is 4.79 Å². The standard InChI is InChI=1S/C11H13NO4S/c13-11(14)7-8-1-5-10(6-2-8)17(15,16)12-9-3-4-9/h1-2,5-6,9,12H,3-4,7H2,(H,13,14). The summed E-state index contributed by atoms with van der Waals surface area (Å²) in [5, 5.41) is 8.59. The number of nitrogens with one attached hydrogen (secondary N) is 1. The first-order chi connectivity index (χ1) is 7.97. The zero-order valence-electron chi connectivity index (χ0n) is 9.09. The van der Waals surface area contributed by atoms with Gasteiger partial charge in [0.15, 0.2) is 0 Å². The van der Waals surface area contributed by atoms with Crippen molar-refractivity contribution >= 4 is 16.0 Å². The van der Waals surface area contributed by atoms with Crippen molar-refractivity contribution in [2.24, 2.45) is 0 Å². The van der Waals surface area contributed by atoms with Crippen LogP contribution in [-0.4, -0.2) is 25.5 Å². The highest BCUT2D eigenvalue weighted by Crippen LogP contribution is 2.22. The highest BCUT2D eigenvalue weighted by atomic mass is 32.2. The minimum absolute atomic E-state index is 0.0682. The van der Waals surface area contributed by atoms with Crippen LogP contribution in [0.15, 0.2) is 29.2 Å². The minimum atomic E-state index is -3.44. The second-order valence-electron chi connectivity index (χ2n) is 4.11. The van der Waals surface area contributed by atoms with Crippen LogP contribution in [0, 0.1) is 0 Å². The molecule has 1 aliphatic carbocycles. The van der Waals surface area contributed by atoms with E-state index >= 15 is 0 Å². The maximum atomic E-state index is 11.8. The van der Waals surface area contributed by atoms with Gasteiger partial charge in [0.2, 0.25) is 10.0 Å². The Morgan fingerprint density at radius 2 is 1.88 bits per heavy atom. The number of rotatable bonds is 5. The van der Waals surface area contributed by atoms with Crippen LogP contribution < -0.4 is 4.72 Å². The molecule has 0 heterocycles. The number of hydrogen-bond acceptors (Lipinski definition) is 3. The molecule has 1 aromatic carbocycles. The summed E-state index contributed by atoms with van der Waals surface area (Å²) in [5.41, 5.74) is 0.586. The molecule has 1 aliphatic rings. The predicted molar refractivity (Wildman–Crippen MR) is 61.1 cm³/mol. The quantitative estimate of drug-likeness (QED) is 0.813. The van der Waals surface area contributed by atoms with Gasteiger partial charge in [0, 0.05) is 6.04 Å². The van der Waals surface area contributed by atoms with Crippen LogP contribution >= 0.6 is 0 Å². The Bertz CT molecular complexity index is 517. The SMILES string of the molecule is O=C(O)Cc1ccc(S(=O)(=O)NC2CC2)cc1. The number of benzene rings is 1. The average Bonchev–Trinajstić information content (AvgIpc) is 3.01. The van der Waals surface area contributed by atoms with Gasteiger partial charge in [-0.05, 0) is 30.5 Å². The molecule has 92 valence electrons. The van der Waals surface area contributed by atoms with Gasteiger partial charge < -0.3 is 5.11 Å². The molecule has 2 N–H and O–H groups in total. The first-order valence-electron chi connectivity index (χ1n) is 5.30. The molecule has 0 unspecified atom stereocenters. The zero-order valence-corrected chi connectivity index (χ0v) is 9.90. The molecule has 2 rings (SSSR count). The summed E-state index contributed by atoms with van der Waals surface area (Å²) in [6.45, 7) is 0. The van der Waals surface area contributed by atoms with Crippen molar-refractivity contribution in [1.82, 2.24) is 4.72 Å². The van der Waals surface area contributed by atoms with E-state index in [-0.39, 0.29) is 17.4 Å². The predicted octanol–water partition coefficient (Wildman–Crippen LogP) is 0.754. The van der Waals surface area contributed by atoms with E-state index in [1.807, 2.05) is 0 Å². The Labute approximate surface area is 99.5 Å². The van der Waals surface area contributed by atoms with E-state index in [2.05, 4.69) is 4.72 Å². The van der Waals surface area contributed by atoms with Crippen LogP contribution in [-0.2, 0) is 21.2 Å². The zero-order chi connectivity index (χ0) is 12.5. The Morgan fingerprint density at radius 3 is 2.35 bits per heavy atom. The molecule has 0 bridgehead atoms. The Morgan fingerprint density at radius 1 is 1.29 bits per heavy atom. The molecular weight excluding hydrogens is 242 g/mol. The second kappa shape index (κ2) is 4.46. The molecule has 0 aromatic heterocycles. The molecule has 0 spiro atoms. The third-order valence-electron chi connectivity index (χ3n) is 2.49. The van der Waals surface area contributed by atoms with Gasteiger partial charge in [-0.15, -0.1) is 0 Å². The van der Waals surface area contributed by atoms with E-state index in [4.69, 9.17) is 5.11 Å². The van der Waals surface area contributed by atoms with E-state index in [9.17, 15) is 13.2 Å². The van der Waals surface area contributed by atoms with E-state index in [1.165, 1.54) is 24.3 Å². The van der Waals surface area contributed by atoms with E-state index in [0.717, 1.165) is 12.8 Å². The summed E-state index contributed by atoms with van der Waals surface area (Å²) >= 11 is 0. The number of carboxylic acid groups (broad SMARTS) is 1. The Hall–Kier alpha value is -1.40. The fourth-order valence-electron chi connectivity index (χ4n) is 1.45. The van der Waals surface area contributed by atoms with Crippen molar-refractivity contribution in [3.05, 3.63) is 29.8 Å². The molecule has 0 radical (unpaired) electrons. The highest BCUT2D eigenvalue weighted by molar-refractivity contribution is 7.89. The summed E-state index contributed by atoms with van der Waals surface area (Å²) in [7, 11) is -3.44. The summed E-state index contributed by atoms with van der Waals surface area (Å²) in [4.78, 5) is 10.7. The third-order valence-corrected chi connectivity index (χ3v) is 4.02. The van der Waals surface area contributed by atoms with E-state index in [0.29, 0.717) is 5.56 Å². The number of carbonyl (C=O) groups is 1. The molecule has 1 saturated carbocycles. The van der Waals surface area contributed by atoms with Gasteiger partial charge in [-0.25, -0.2) is 13.1 Å². The van der Waals surface area contributed by atoms with Crippen molar-refractivity contribution in [2.75, 3.05) is 0 Å². The van der Waals surface area contributed by atoms with Gasteiger partial charge in [0.05, 0.1) is 11.3 Å². The first-order valence-corrected chi connectivity index (χ1v) is 6.79. The normalized spacial score (nSPS) is 15.8. The van der Waals surface area contributed by atoms with Crippen molar-refractivity contribution in [3.63, 3.8) is 0 Å². The van der Waals surface area contributed by atoms with Crippen LogP contribution in [0.3, 0.4) is 0 Å². The van der Waals surface area contributed by atoms with Gasteiger partial charge >= 0.3 is 5.97 Å². The largest absolute Gasteiger partial charge is 0.481 e. The lowest BCUT2D eigenvalue weighted by Crippen LogP contribution is -2.25. The van der Waals surface area contributed by atoms with Crippen molar-refractivity contribution in [3.8, 4) is 0 Å². The lowest BCUT2D eigenvalue weighted by atomic mass is 10.2. The maximum Gasteiger partial charge on any atom is 0.307 e. The molecule has 0 amide bonds. The Balaban J connectivity index is 2.13. The fraction of sp³-hybridized carbons (Fsp3) is 0.364. The van der Waals surface area contributed by atoms with Crippen molar-refractivity contribution < 1.29 is 18.3 Å². The molecule has 0 aliphatic heterocycles. The van der Waals surface area contributed by atoms with Crippen molar-refractivity contribution in [1.29, 1.82) is 0 Å². The minimum Gasteiger partial charge on any atom is -0.481 e. The summed E-state index contributed by atoms with van der Waals surface area (Å²) in [5.74, 6) is -0.934. The molecule has 17 heavy (non-hydrogen) atoms. The van der Waals surface area contributed by atoms with Crippen LogP contribution in [0.5, 0.6) is 0 Å². The molecule has 6 heteroatoms. The molecule has 0 saturated heterocycles. The lowest BCUT2D eigenvalue weighted by Gasteiger charge is -2.05. The fourth-order valence-corrected chi connectivity index (χ4v) is 2.75. The lowest BCUT2D eigenvalue weighted by molar-refractivity contribution is -0.136. The Kier molecular flexibility index (Phi) is 3.17. The highest BCUT2D eigenvalue weighted by Gasteiger charge is 2.27. The number of sulfonamides is 1. The second-order valence-corrected chi connectivity index (χ2v) is 5.82. The molecular formula is C11H13NO4S. The van der Waals surface area contributed by atoms with Crippen molar-refractivity contribution in [2.45, 2.75) is 30.2 Å². The molecule has 0 atom stereocenters. The van der Waals surface area contributed by atoms with Crippen LogP contribution in [0.1, 0.15) is 18.4 Å². The maximum absolute atomic E-state index is 11.8. The monoisotopic (exact) mass is 255 g/mol. The average molecular weight is 255 g/mol. The molecule has 1 aromatic rings. The number of carboxylic acids is 1. The van der Waals surface area contributed by atoms with Gasteiger partial charge in [0.25, 0.3) is 0 Å². The molecule has 1 fully saturated rings. The van der Waals surface area contributed by atoms with Gasteiger partial charge in [0.1, 0.15) is 0 Å². The summed E-state index contributed by atoms with van der Waals surface area (Å²) in [6, 6.07) is 5.98. The van der Waals surface area contributed by atoms with Gasteiger partial charge in [-0.1, -0.05) is 12.1 Å². The van der Waals surface area contributed by atoms with Crippen LogP contribution in [0.4, 0.5) is 0 Å². The number of aliphatic carboxylic acids is 1. The van der Waals surface area contributed by atoms with Crippen LogP contribution in [0.25, 0.3) is 0 Å². The summed E-state index contributed by atoms with van der Waals surface area (Å²) in [6.07, 6.45) is 1.67.